The van der Waals surface area contributed by atoms with Crippen molar-refractivity contribution in [2.24, 2.45) is 5.92 Å². The van der Waals surface area contributed by atoms with Crippen LogP contribution in [-0.2, 0) is 17.6 Å². The highest BCUT2D eigenvalue weighted by molar-refractivity contribution is 6.00. The Bertz CT molecular complexity index is 853. The fourth-order valence-corrected chi connectivity index (χ4v) is 3.88. The first kappa shape index (κ1) is 23.6. The lowest BCUT2D eigenvalue weighted by molar-refractivity contribution is -0.119. The van der Waals surface area contributed by atoms with Gasteiger partial charge in [-0.3, -0.25) is 14.3 Å². The maximum atomic E-state index is 13.2. The number of nitrogens with one attached hydrogen (secondary N) is 2. The monoisotopic (exact) mass is 412 g/mol. The molecule has 0 aliphatic heterocycles. The van der Waals surface area contributed by atoms with Gasteiger partial charge in [0.2, 0.25) is 5.91 Å². The Hall–Kier alpha value is -2.63. The Kier molecular flexibility index (Phi) is 8.63. The van der Waals surface area contributed by atoms with Gasteiger partial charge in [0.1, 0.15) is 11.7 Å². The van der Waals surface area contributed by atoms with E-state index in [0.717, 1.165) is 31.4 Å². The van der Waals surface area contributed by atoms with E-state index in [1.807, 2.05) is 39.8 Å². The quantitative estimate of drug-likeness (QED) is 0.591. The summed E-state index contributed by atoms with van der Waals surface area (Å²) in [6.45, 7) is 12.3. The third-order valence-corrected chi connectivity index (χ3v) is 5.72. The molecule has 6 nitrogen and oxygen atoms in total. The van der Waals surface area contributed by atoms with Crippen LogP contribution in [0.1, 0.15) is 82.0 Å². The normalized spacial score (nSPS) is 12.3. The minimum atomic E-state index is -0.612. The first-order valence-electron chi connectivity index (χ1n) is 11.1. The average molecular weight is 413 g/mol. The van der Waals surface area contributed by atoms with Gasteiger partial charge in [-0.1, -0.05) is 46.6 Å². The van der Waals surface area contributed by atoms with Gasteiger partial charge in [0.05, 0.1) is 0 Å². The zero-order valence-electron chi connectivity index (χ0n) is 19.2. The Balaban J connectivity index is 2.25. The van der Waals surface area contributed by atoms with Crippen LogP contribution >= 0.6 is 0 Å². The fourth-order valence-electron chi connectivity index (χ4n) is 3.88. The number of aryl methyl sites for hydroxylation is 2. The molecule has 2 amide bonds. The summed E-state index contributed by atoms with van der Waals surface area (Å²) in [7, 11) is 0. The Morgan fingerprint density at radius 2 is 1.67 bits per heavy atom. The minimum Gasteiger partial charge on any atom is -0.339 e. The maximum Gasteiger partial charge on any atom is 0.270 e. The van der Waals surface area contributed by atoms with E-state index in [0.29, 0.717) is 5.69 Å². The summed E-state index contributed by atoms with van der Waals surface area (Å²) in [5.74, 6) is -0.410. The molecule has 2 rings (SSSR count). The summed E-state index contributed by atoms with van der Waals surface area (Å²) in [5, 5.41) is 10.2. The standard InChI is InChI=1S/C24H36N4O2/c1-7-17(8-2)22(27-23(29)21-13-14-25-28(21)16(5)6)24(30)26-20-12-11-18(9-3)19(10-4)15-20/h11-17,22H,7-10H2,1-6H3,(H,26,30)(H,27,29). The first-order chi connectivity index (χ1) is 14.4. The highest BCUT2D eigenvalue weighted by atomic mass is 16.2. The Morgan fingerprint density at radius 1 is 1.00 bits per heavy atom. The molecule has 30 heavy (non-hydrogen) atoms. The third kappa shape index (κ3) is 5.49. The fraction of sp³-hybridized carbons (Fsp3) is 0.542. The summed E-state index contributed by atoms with van der Waals surface area (Å²) in [5.41, 5.74) is 3.77. The SMILES string of the molecule is CCc1ccc(NC(=O)C(NC(=O)c2ccnn2C(C)C)C(CC)CC)cc1CC. The molecule has 1 aromatic heterocycles. The summed E-state index contributed by atoms with van der Waals surface area (Å²) in [6, 6.07) is 7.19. The number of nitrogens with zero attached hydrogens (tertiary/aromatic N) is 2. The lowest BCUT2D eigenvalue weighted by Gasteiger charge is -2.26. The van der Waals surface area contributed by atoms with Crippen LogP contribution in [0.25, 0.3) is 0 Å². The van der Waals surface area contributed by atoms with Gasteiger partial charge >= 0.3 is 0 Å². The summed E-state index contributed by atoms with van der Waals surface area (Å²) in [6.07, 6.45) is 5.09. The molecule has 0 saturated heterocycles. The van der Waals surface area contributed by atoms with Gasteiger partial charge in [-0.25, -0.2) is 0 Å². The van der Waals surface area contributed by atoms with E-state index in [1.54, 1.807) is 16.9 Å². The molecule has 1 atom stereocenters. The van der Waals surface area contributed by atoms with Gasteiger partial charge in [-0.05, 0) is 61.9 Å². The van der Waals surface area contributed by atoms with Crippen LogP contribution in [0.3, 0.4) is 0 Å². The van der Waals surface area contributed by atoms with Gasteiger partial charge in [0, 0.05) is 17.9 Å². The van der Waals surface area contributed by atoms with Crippen molar-refractivity contribution in [1.82, 2.24) is 15.1 Å². The van der Waals surface area contributed by atoms with Gasteiger partial charge in [0.25, 0.3) is 5.91 Å². The lowest BCUT2D eigenvalue weighted by atomic mass is 9.93. The maximum absolute atomic E-state index is 13.2. The van der Waals surface area contributed by atoms with Gasteiger partial charge in [0.15, 0.2) is 0 Å². The van der Waals surface area contributed by atoms with E-state index >= 15 is 0 Å². The van der Waals surface area contributed by atoms with Crippen LogP contribution in [0.15, 0.2) is 30.5 Å². The third-order valence-electron chi connectivity index (χ3n) is 5.72. The molecule has 0 aliphatic rings. The largest absolute Gasteiger partial charge is 0.339 e. The number of carbonyl (C=O) groups is 2. The van der Waals surface area contributed by atoms with Crippen LogP contribution in [0.5, 0.6) is 0 Å². The van der Waals surface area contributed by atoms with E-state index < -0.39 is 6.04 Å². The first-order valence-corrected chi connectivity index (χ1v) is 11.1. The van der Waals surface area contributed by atoms with Gasteiger partial charge < -0.3 is 10.6 Å². The summed E-state index contributed by atoms with van der Waals surface area (Å²) in [4.78, 5) is 26.2. The van der Waals surface area contributed by atoms with Crippen LogP contribution < -0.4 is 10.6 Å². The van der Waals surface area contributed by atoms with Crippen molar-refractivity contribution in [2.75, 3.05) is 5.32 Å². The molecule has 1 heterocycles. The zero-order chi connectivity index (χ0) is 22.3. The van der Waals surface area contributed by atoms with E-state index in [4.69, 9.17) is 0 Å². The number of hydrogen-bond donors (Lipinski definition) is 2. The molecule has 0 aliphatic carbocycles. The van der Waals surface area contributed by atoms with Crippen LogP contribution in [-0.4, -0.2) is 27.6 Å². The average Bonchev–Trinajstić information content (AvgIpc) is 3.24. The minimum absolute atomic E-state index is 0.0462. The number of benzene rings is 1. The molecule has 2 N–H and O–H groups in total. The second kappa shape index (κ2) is 11.0. The van der Waals surface area contributed by atoms with Crippen molar-refractivity contribution in [3.63, 3.8) is 0 Å². The van der Waals surface area contributed by atoms with Crippen molar-refractivity contribution in [1.29, 1.82) is 0 Å². The molecule has 1 aromatic carbocycles. The van der Waals surface area contributed by atoms with Crippen LogP contribution in [0, 0.1) is 5.92 Å². The number of hydrogen-bond acceptors (Lipinski definition) is 3. The molecule has 1 unspecified atom stereocenters. The van der Waals surface area contributed by atoms with Crippen molar-refractivity contribution in [3.8, 4) is 0 Å². The number of aromatic nitrogens is 2. The molecule has 0 fully saturated rings. The molecule has 0 radical (unpaired) electrons. The summed E-state index contributed by atoms with van der Waals surface area (Å²) < 4.78 is 1.67. The molecule has 164 valence electrons. The zero-order valence-corrected chi connectivity index (χ0v) is 19.2. The second-order valence-corrected chi connectivity index (χ2v) is 7.96. The smallest absolute Gasteiger partial charge is 0.270 e. The number of rotatable bonds is 10. The highest BCUT2D eigenvalue weighted by Gasteiger charge is 2.29. The number of amides is 2. The van der Waals surface area contributed by atoms with E-state index in [2.05, 4.69) is 35.6 Å². The molecular weight excluding hydrogens is 376 g/mol. The lowest BCUT2D eigenvalue weighted by Crippen LogP contribution is -2.48. The summed E-state index contributed by atoms with van der Waals surface area (Å²) >= 11 is 0. The number of carbonyl (C=O) groups excluding carboxylic acids is 2. The molecule has 0 saturated carbocycles. The van der Waals surface area contributed by atoms with Gasteiger partial charge in [-0.15, -0.1) is 0 Å². The second-order valence-electron chi connectivity index (χ2n) is 7.96. The topological polar surface area (TPSA) is 76.0 Å². The van der Waals surface area contributed by atoms with Crippen LogP contribution in [0.4, 0.5) is 5.69 Å². The van der Waals surface area contributed by atoms with Crippen LogP contribution in [0.2, 0.25) is 0 Å². The van der Waals surface area contributed by atoms with E-state index in [1.165, 1.54) is 11.1 Å². The predicted molar refractivity (Wildman–Crippen MR) is 122 cm³/mol. The molecular formula is C24H36N4O2. The predicted octanol–water partition coefficient (Wildman–Crippen LogP) is 4.76. The Morgan fingerprint density at radius 3 is 2.23 bits per heavy atom. The molecule has 0 spiro atoms. The number of anilines is 1. The highest BCUT2D eigenvalue weighted by Crippen LogP contribution is 2.20. The van der Waals surface area contributed by atoms with Crippen molar-refractivity contribution < 1.29 is 9.59 Å². The van der Waals surface area contributed by atoms with Gasteiger partial charge in [-0.2, -0.15) is 5.10 Å². The van der Waals surface area contributed by atoms with E-state index in [9.17, 15) is 9.59 Å². The molecule has 0 bridgehead atoms. The van der Waals surface area contributed by atoms with Crippen molar-refractivity contribution >= 4 is 17.5 Å². The molecule has 6 heteroatoms. The van der Waals surface area contributed by atoms with E-state index in [-0.39, 0.29) is 23.8 Å². The van der Waals surface area contributed by atoms with Crippen molar-refractivity contribution in [2.45, 2.75) is 79.3 Å². The van der Waals surface area contributed by atoms with Crippen molar-refractivity contribution in [3.05, 3.63) is 47.3 Å². The molecule has 2 aromatic rings. The Labute approximate surface area is 180 Å².